The number of rotatable bonds is 10. The second-order valence-electron chi connectivity index (χ2n) is 24.2. The van der Waals surface area contributed by atoms with Gasteiger partial charge >= 0.3 is 0 Å². The summed E-state index contributed by atoms with van der Waals surface area (Å²) < 4.78 is 0. The molecule has 0 spiro atoms. The molecule has 0 aliphatic carbocycles. The Kier molecular flexibility index (Phi) is 28.8. The van der Waals surface area contributed by atoms with Crippen LogP contribution in [-0.2, 0) is 65.1 Å². The smallest absolute Gasteiger partial charge is 0.159 e. The average molecular weight is 1890 g/mol. The molecule has 0 aliphatic rings. The standard InChI is InChI=1S/3C17H10N3.C15H10N.C11H8N.C11H20O2.3Ir/c2*1-2-4-12(5-3-1)17-19-11-15-8-13-6-7-18-10-14(13)9-16(15)20-17;1-2-4-12(5-3-1)17-19-11-15-14-8-9-18-10-13(14)6-7-16(15)20-17;1-2-7-13(8-3-1)15-14-9-5-4-6-12(14)10-11-16-15;1-2-6-10(7-3-1)11-8-4-5-9-12-11;1-8(2)5-10(12)7-11(13)6-9(3)4;;;/h3*1-4,6-11H;1-7,9-11H;1-6,8-9H;7-9,12H,5-6H2,1-4H3;;;/q5*-1;;;;. The molecule has 0 saturated heterocycles. The number of aliphatic hydroxyl groups excluding tert-OH is 1. The summed E-state index contributed by atoms with van der Waals surface area (Å²) in [6.45, 7) is 8.00. The van der Waals surface area contributed by atoms with Crippen LogP contribution in [0.15, 0.2) is 304 Å². The van der Waals surface area contributed by atoms with Crippen molar-refractivity contribution in [3.05, 3.63) is 335 Å². The normalized spacial score (nSPS) is 10.7. The van der Waals surface area contributed by atoms with Crippen LogP contribution in [0, 0.1) is 42.2 Å². The van der Waals surface area contributed by atoms with Gasteiger partial charge in [0.25, 0.3) is 0 Å². The zero-order valence-corrected chi connectivity index (χ0v) is 64.3. The van der Waals surface area contributed by atoms with Crippen LogP contribution in [-0.4, -0.2) is 65.7 Å². The summed E-state index contributed by atoms with van der Waals surface area (Å²) in [5.41, 5.74) is 9.55. The van der Waals surface area contributed by atoms with Crippen LogP contribution in [0.5, 0.6) is 0 Å². The van der Waals surface area contributed by atoms with Crippen LogP contribution in [0.1, 0.15) is 40.5 Å². The van der Waals surface area contributed by atoms with Crippen molar-refractivity contribution in [1.82, 2.24) is 54.8 Å². The molecule has 104 heavy (non-hydrogen) atoms. The van der Waals surface area contributed by atoms with Crippen LogP contribution in [0.4, 0.5) is 0 Å². The van der Waals surface area contributed by atoms with Gasteiger partial charge in [0.1, 0.15) is 0 Å². The van der Waals surface area contributed by atoms with E-state index in [2.05, 4.69) is 109 Å². The van der Waals surface area contributed by atoms with Gasteiger partial charge in [0.2, 0.25) is 0 Å². The van der Waals surface area contributed by atoms with Crippen molar-refractivity contribution in [1.29, 1.82) is 0 Å². The Bertz CT molecular complexity index is 5330. The van der Waals surface area contributed by atoms with Crippen molar-refractivity contribution in [2.45, 2.75) is 40.5 Å². The number of benzene rings is 9. The maximum absolute atomic E-state index is 11.2. The third-order valence-electron chi connectivity index (χ3n) is 15.7. The number of hydrogen-bond acceptors (Lipinski definition) is 13. The van der Waals surface area contributed by atoms with Crippen molar-refractivity contribution in [2.24, 2.45) is 11.8 Å². The van der Waals surface area contributed by atoms with Crippen molar-refractivity contribution in [3.8, 4) is 56.7 Å². The van der Waals surface area contributed by atoms with Gasteiger partial charge in [-0.2, -0.15) is 0 Å². The summed E-state index contributed by atoms with van der Waals surface area (Å²) >= 11 is 0. The van der Waals surface area contributed by atoms with E-state index in [4.69, 9.17) is 0 Å². The summed E-state index contributed by atoms with van der Waals surface area (Å²) in [5.74, 6) is 3.07. The summed E-state index contributed by atoms with van der Waals surface area (Å²) in [6.07, 6.45) is 22.6. The van der Waals surface area contributed by atoms with Crippen LogP contribution < -0.4 is 0 Å². The predicted octanol–water partition coefficient (Wildman–Crippen LogP) is 20.3. The van der Waals surface area contributed by atoms with E-state index in [-0.39, 0.29) is 71.9 Å². The number of aromatic nitrogens is 11. The zero-order valence-electron chi connectivity index (χ0n) is 57.1. The third kappa shape index (κ3) is 21.1. The Hall–Kier alpha value is -11.1. The van der Waals surface area contributed by atoms with Crippen LogP contribution in [0.2, 0.25) is 0 Å². The fourth-order valence-electron chi connectivity index (χ4n) is 11.0. The molecule has 0 saturated carbocycles. The van der Waals surface area contributed by atoms with Crippen molar-refractivity contribution < 1.29 is 70.2 Å². The van der Waals surface area contributed by atoms with E-state index < -0.39 is 0 Å². The van der Waals surface area contributed by atoms with Gasteiger partial charge in [0, 0.05) is 180 Å². The molecule has 0 aliphatic heterocycles. The Morgan fingerprint density at radius 2 is 0.817 bits per heavy atom. The molecule has 0 fully saturated rings. The predicted molar refractivity (Wildman–Crippen MR) is 406 cm³/mol. The molecule has 8 aromatic heterocycles. The van der Waals surface area contributed by atoms with Gasteiger partial charge in [-0.25, -0.2) is 0 Å². The molecular formula is C88H68Ir3N11O2-5. The maximum Gasteiger partial charge on any atom is 0.159 e. The first-order valence-electron chi connectivity index (χ1n) is 33.1. The van der Waals surface area contributed by atoms with Gasteiger partial charge in [0.05, 0.1) is 39.8 Å². The second-order valence-corrected chi connectivity index (χ2v) is 24.2. The molecule has 0 unspecified atom stereocenters. The van der Waals surface area contributed by atoms with Gasteiger partial charge < -0.3 is 15.1 Å². The fraction of sp³-hybridized carbons (Fsp3) is 0.0909. The van der Waals surface area contributed by atoms with E-state index in [1.165, 1.54) is 16.8 Å². The van der Waals surface area contributed by atoms with Crippen LogP contribution >= 0.6 is 0 Å². The first-order valence-corrected chi connectivity index (χ1v) is 33.1. The topological polar surface area (TPSA) is 179 Å². The molecule has 17 aromatic rings. The van der Waals surface area contributed by atoms with Gasteiger partial charge in [-0.15, -0.1) is 179 Å². The van der Waals surface area contributed by atoms with E-state index >= 15 is 0 Å². The maximum atomic E-state index is 11.2. The SMILES string of the molecule is CC(C)CC(=O)C=C(O)CC(C)C.[Ir].[Ir].[Ir].[c-]1ccccc1-c1ccccn1.[c-]1ccccc1-c1ncc2c(ccc3cnccc32)n1.[c-]1ccccc1-c1ncc2cc3ccncc3cc2n1.[c-]1ccccc1-c1ncc2cc3ccncc3cc2n1.[c-]1ccccc1-c1nccc2ccccc12. The summed E-state index contributed by atoms with van der Waals surface area (Å²) in [7, 11) is 0. The summed E-state index contributed by atoms with van der Waals surface area (Å²) in [6, 6.07) is 89.2. The van der Waals surface area contributed by atoms with Crippen molar-refractivity contribution >= 4 is 81.6 Å². The number of nitrogens with zero attached hydrogens (tertiary/aromatic N) is 11. The molecule has 16 heteroatoms. The molecule has 9 aromatic carbocycles. The molecule has 8 heterocycles. The number of allylic oxidation sites excluding steroid dienone is 2. The van der Waals surface area contributed by atoms with Gasteiger partial charge in [0.15, 0.2) is 5.78 Å². The monoisotopic (exact) mass is 1890 g/mol. The van der Waals surface area contributed by atoms with E-state index in [0.717, 1.165) is 104 Å². The summed E-state index contributed by atoms with van der Waals surface area (Å²) in [5, 5.41) is 21.5. The van der Waals surface area contributed by atoms with Gasteiger partial charge in [-0.3, -0.25) is 49.7 Å². The Balaban J connectivity index is 0.000000146. The van der Waals surface area contributed by atoms with Crippen LogP contribution in [0.25, 0.3) is 132 Å². The number of ketones is 1. The number of pyridine rings is 5. The van der Waals surface area contributed by atoms with Gasteiger partial charge in [-0.05, 0) is 111 Å². The third-order valence-corrected chi connectivity index (χ3v) is 15.7. The molecule has 17 rings (SSSR count). The Morgan fingerprint density at radius 1 is 0.356 bits per heavy atom. The first kappa shape index (κ1) is 77.1. The minimum absolute atomic E-state index is 0. The molecule has 0 amide bonds. The van der Waals surface area contributed by atoms with Gasteiger partial charge in [-0.1, -0.05) is 70.2 Å². The fourth-order valence-corrected chi connectivity index (χ4v) is 11.0. The molecule has 0 bridgehead atoms. The second kappa shape index (κ2) is 38.8. The molecule has 3 radical (unpaired) electrons. The minimum Gasteiger partial charge on any atom is -0.512 e. The van der Waals surface area contributed by atoms with Crippen molar-refractivity contribution in [3.63, 3.8) is 0 Å². The zero-order chi connectivity index (χ0) is 69.5. The first-order chi connectivity index (χ1) is 49.5. The number of carbonyl (C=O) groups is 1. The van der Waals surface area contributed by atoms with E-state index in [1.54, 1.807) is 24.8 Å². The number of aliphatic hydroxyl groups is 1. The average Bonchev–Trinajstić information content (AvgIpc) is 0.799. The van der Waals surface area contributed by atoms with E-state index in [1.807, 2.05) is 271 Å². The van der Waals surface area contributed by atoms with E-state index in [0.29, 0.717) is 42.2 Å². The Morgan fingerprint density at radius 3 is 1.33 bits per heavy atom. The minimum atomic E-state index is 0. The molecule has 13 nitrogen and oxygen atoms in total. The molecule has 0 atom stereocenters. The number of hydrogen-bond donors (Lipinski definition) is 1. The van der Waals surface area contributed by atoms with Crippen LogP contribution in [0.3, 0.4) is 0 Å². The number of fused-ring (bicyclic) bond motifs is 8. The molecule has 1 N–H and O–H groups in total. The summed E-state index contributed by atoms with van der Waals surface area (Å²) in [4.78, 5) is 59.5. The van der Waals surface area contributed by atoms with E-state index in [9.17, 15) is 9.90 Å². The van der Waals surface area contributed by atoms with Crippen molar-refractivity contribution in [2.75, 3.05) is 0 Å². The molecule has 519 valence electrons. The number of carbonyl (C=O) groups excluding carboxylic acids is 1. The quantitative estimate of drug-likeness (QED) is 0.0450. The largest absolute Gasteiger partial charge is 0.512 e. The molecular weight excluding hydrogens is 1820 g/mol. The Labute approximate surface area is 645 Å².